The maximum atomic E-state index is 12.2. The maximum Gasteiger partial charge on any atom is 0.255 e. The van der Waals surface area contributed by atoms with Crippen LogP contribution in [0.3, 0.4) is 0 Å². The molecule has 1 aromatic heterocycles. The molecule has 0 aliphatic rings. The summed E-state index contributed by atoms with van der Waals surface area (Å²) in [7, 11) is -3.65. The van der Waals surface area contributed by atoms with Crippen LogP contribution >= 0.6 is 11.6 Å². The summed E-state index contributed by atoms with van der Waals surface area (Å²) < 4.78 is 28.2. The molecule has 0 aliphatic carbocycles. The lowest BCUT2D eigenvalue weighted by molar-refractivity contribution is 0.609. The van der Waals surface area contributed by atoms with Gasteiger partial charge >= 0.3 is 0 Å². The van der Waals surface area contributed by atoms with Crippen LogP contribution in [0.1, 0.15) is 5.56 Å². The van der Waals surface area contributed by atoms with E-state index in [2.05, 4.69) is 20.2 Å². The number of hydrogen-bond donors (Lipinski definition) is 1. The fourth-order valence-corrected chi connectivity index (χ4v) is 2.92. The number of sulfonamides is 1. The molecule has 0 atom stereocenters. The number of aromatic nitrogens is 4. The number of rotatable bonds is 5. The number of hydrogen-bond acceptors (Lipinski definition) is 5. The minimum atomic E-state index is -3.65. The van der Waals surface area contributed by atoms with Crippen molar-refractivity contribution in [3.8, 4) is 5.69 Å². The van der Waals surface area contributed by atoms with Gasteiger partial charge in [-0.3, -0.25) is 4.72 Å². The second kappa shape index (κ2) is 6.81. The van der Waals surface area contributed by atoms with Gasteiger partial charge in [0.2, 0.25) is 0 Å². The second-order valence-electron chi connectivity index (χ2n) is 4.81. The van der Waals surface area contributed by atoms with Crippen molar-refractivity contribution in [2.75, 3.05) is 4.72 Å². The Bertz CT molecular complexity index is 954. The summed E-state index contributed by atoms with van der Waals surface area (Å²) in [4.78, 5) is 0. The molecule has 0 saturated carbocycles. The number of halogens is 1. The summed E-state index contributed by atoms with van der Waals surface area (Å²) >= 11 is 5.80. The fourth-order valence-electron chi connectivity index (χ4n) is 1.93. The molecular formula is C15H12ClN5O2S. The number of benzene rings is 2. The molecule has 3 aromatic rings. The summed E-state index contributed by atoms with van der Waals surface area (Å²) in [5, 5.41) is 12.5. The number of tetrazole rings is 1. The summed E-state index contributed by atoms with van der Waals surface area (Å²) in [5.41, 5.74) is 1.78. The zero-order chi connectivity index (χ0) is 17.0. The monoisotopic (exact) mass is 361 g/mol. The topological polar surface area (TPSA) is 89.8 Å². The molecule has 2 aromatic carbocycles. The van der Waals surface area contributed by atoms with Gasteiger partial charge in [-0.1, -0.05) is 29.8 Å². The number of nitrogens with one attached hydrogen (secondary N) is 1. The van der Waals surface area contributed by atoms with Gasteiger partial charge in [0.25, 0.3) is 10.0 Å². The van der Waals surface area contributed by atoms with E-state index in [-0.39, 0.29) is 0 Å². The minimum absolute atomic E-state index is 0.406. The summed E-state index contributed by atoms with van der Waals surface area (Å²) in [6.45, 7) is 0. The average Bonchev–Trinajstić information content (AvgIpc) is 3.09. The first kappa shape index (κ1) is 16.2. The van der Waals surface area contributed by atoms with Gasteiger partial charge in [0.15, 0.2) is 0 Å². The van der Waals surface area contributed by atoms with Crippen LogP contribution in [0.4, 0.5) is 5.69 Å². The molecule has 1 heterocycles. The largest absolute Gasteiger partial charge is 0.280 e. The van der Waals surface area contributed by atoms with Crippen molar-refractivity contribution < 1.29 is 8.42 Å². The molecule has 0 radical (unpaired) electrons. The molecule has 0 fully saturated rings. The summed E-state index contributed by atoms with van der Waals surface area (Å²) in [5.74, 6) is 0. The zero-order valence-corrected chi connectivity index (χ0v) is 13.8. The highest BCUT2D eigenvalue weighted by Crippen LogP contribution is 2.16. The van der Waals surface area contributed by atoms with Gasteiger partial charge in [0.05, 0.1) is 16.8 Å². The Hall–Kier alpha value is -2.71. The van der Waals surface area contributed by atoms with E-state index in [1.54, 1.807) is 48.5 Å². The molecule has 24 heavy (non-hydrogen) atoms. The Balaban J connectivity index is 1.77. The molecule has 9 heteroatoms. The standard InChI is InChI=1S/C15H12ClN5O2S/c16-13-6-4-12(5-7-13)8-9-24(22,23)18-14-2-1-3-15(10-14)21-11-17-19-20-21/h1-11,18H/b9-8+. The van der Waals surface area contributed by atoms with Gasteiger partial charge < -0.3 is 0 Å². The lowest BCUT2D eigenvalue weighted by Crippen LogP contribution is -2.09. The number of anilines is 1. The quantitative estimate of drug-likeness (QED) is 0.754. The van der Waals surface area contributed by atoms with E-state index in [1.807, 2.05) is 0 Å². The van der Waals surface area contributed by atoms with E-state index in [0.29, 0.717) is 16.4 Å². The van der Waals surface area contributed by atoms with Crippen molar-refractivity contribution >= 4 is 33.4 Å². The van der Waals surface area contributed by atoms with Crippen LogP contribution in [-0.4, -0.2) is 28.6 Å². The molecule has 0 spiro atoms. The third-order valence-electron chi connectivity index (χ3n) is 3.03. The molecule has 3 rings (SSSR count). The molecular weight excluding hydrogens is 350 g/mol. The number of nitrogens with zero attached hydrogens (tertiary/aromatic N) is 4. The van der Waals surface area contributed by atoms with Crippen molar-refractivity contribution in [2.45, 2.75) is 0 Å². The second-order valence-corrected chi connectivity index (χ2v) is 6.81. The fraction of sp³-hybridized carbons (Fsp3) is 0. The molecule has 0 unspecified atom stereocenters. The minimum Gasteiger partial charge on any atom is -0.280 e. The summed E-state index contributed by atoms with van der Waals surface area (Å²) in [6.07, 6.45) is 2.91. The van der Waals surface area contributed by atoms with E-state index >= 15 is 0 Å². The van der Waals surface area contributed by atoms with E-state index < -0.39 is 10.0 Å². The van der Waals surface area contributed by atoms with E-state index in [4.69, 9.17) is 11.6 Å². The molecule has 1 N–H and O–H groups in total. The lowest BCUT2D eigenvalue weighted by atomic mass is 10.2. The normalized spacial score (nSPS) is 11.7. The highest BCUT2D eigenvalue weighted by molar-refractivity contribution is 7.95. The van der Waals surface area contributed by atoms with Crippen LogP contribution in [0, 0.1) is 0 Å². The molecule has 0 bridgehead atoms. The third kappa shape index (κ3) is 4.18. The van der Waals surface area contributed by atoms with Crippen LogP contribution < -0.4 is 4.72 Å². The molecule has 0 amide bonds. The first-order chi connectivity index (χ1) is 11.5. The van der Waals surface area contributed by atoms with Crippen molar-refractivity contribution in [3.63, 3.8) is 0 Å². The molecule has 0 aliphatic heterocycles. The first-order valence-corrected chi connectivity index (χ1v) is 8.74. The Morgan fingerprint density at radius 1 is 1.12 bits per heavy atom. The van der Waals surface area contributed by atoms with Crippen LogP contribution in [0.25, 0.3) is 11.8 Å². The van der Waals surface area contributed by atoms with E-state index in [0.717, 1.165) is 11.0 Å². The van der Waals surface area contributed by atoms with Crippen molar-refractivity contribution in [3.05, 3.63) is 70.9 Å². The highest BCUT2D eigenvalue weighted by Gasteiger charge is 2.07. The van der Waals surface area contributed by atoms with Crippen molar-refractivity contribution in [1.29, 1.82) is 0 Å². The Morgan fingerprint density at radius 2 is 1.92 bits per heavy atom. The molecule has 7 nitrogen and oxygen atoms in total. The van der Waals surface area contributed by atoms with Crippen molar-refractivity contribution in [2.24, 2.45) is 0 Å². The predicted octanol–water partition coefficient (Wildman–Crippen LogP) is 2.73. The van der Waals surface area contributed by atoms with Crippen LogP contribution in [0.2, 0.25) is 5.02 Å². The van der Waals surface area contributed by atoms with Gasteiger partial charge in [0.1, 0.15) is 6.33 Å². The van der Waals surface area contributed by atoms with Crippen LogP contribution in [-0.2, 0) is 10.0 Å². The van der Waals surface area contributed by atoms with Gasteiger partial charge in [-0.15, -0.1) is 5.10 Å². The maximum absolute atomic E-state index is 12.2. The van der Waals surface area contributed by atoms with Gasteiger partial charge in [0, 0.05) is 5.02 Å². The molecule has 0 saturated heterocycles. The zero-order valence-electron chi connectivity index (χ0n) is 12.2. The van der Waals surface area contributed by atoms with Crippen LogP contribution in [0.5, 0.6) is 0 Å². The lowest BCUT2D eigenvalue weighted by Gasteiger charge is -2.06. The third-order valence-corrected chi connectivity index (χ3v) is 4.30. The van der Waals surface area contributed by atoms with E-state index in [9.17, 15) is 8.42 Å². The first-order valence-electron chi connectivity index (χ1n) is 6.82. The smallest absolute Gasteiger partial charge is 0.255 e. The van der Waals surface area contributed by atoms with Gasteiger partial charge in [-0.2, -0.15) is 0 Å². The Morgan fingerprint density at radius 3 is 2.62 bits per heavy atom. The Labute approximate surface area is 143 Å². The van der Waals surface area contributed by atoms with Gasteiger partial charge in [-0.05, 0) is 52.4 Å². The molecule has 122 valence electrons. The highest BCUT2D eigenvalue weighted by atomic mass is 35.5. The van der Waals surface area contributed by atoms with Crippen LogP contribution in [0.15, 0.2) is 60.3 Å². The Kier molecular flexibility index (Phi) is 4.59. The van der Waals surface area contributed by atoms with E-state index in [1.165, 1.54) is 17.1 Å². The average molecular weight is 362 g/mol. The SMILES string of the molecule is O=S(=O)(/C=C/c1ccc(Cl)cc1)Nc1cccc(-n2cnnn2)c1. The summed E-state index contributed by atoms with van der Waals surface area (Å²) in [6, 6.07) is 13.6. The van der Waals surface area contributed by atoms with Crippen molar-refractivity contribution in [1.82, 2.24) is 20.2 Å². The van der Waals surface area contributed by atoms with Gasteiger partial charge in [-0.25, -0.2) is 13.1 Å². The predicted molar refractivity (Wildman–Crippen MR) is 92.2 cm³/mol.